The van der Waals surface area contributed by atoms with Crippen LogP contribution in [-0.2, 0) is 6.18 Å². The Kier molecular flexibility index (Phi) is 3.91. The number of benzene rings is 2. The Labute approximate surface area is 146 Å². The van der Waals surface area contributed by atoms with E-state index in [9.17, 15) is 23.2 Å². The number of alkyl halides is 3. The number of nitrogens with two attached hydrogens (primary N) is 1. The molecular formula is C17H13F3N4O2. The lowest BCUT2D eigenvalue weighted by Crippen LogP contribution is -2.20. The van der Waals surface area contributed by atoms with Crippen LogP contribution in [0.3, 0.4) is 0 Å². The van der Waals surface area contributed by atoms with Crippen LogP contribution in [-0.4, -0.2) is 20.0 Å². The first-order chi connectivity index (χ1) is 12.1. The molecule has 0 unspecified atom stereocenters. The number of ether oxygens (including phenoxy) is 1. The molecule has 2 aromatic carbocycles. The van der Waals surface area contributed by atoms with Crippen LogP contribution in [0.15, 0.2) is 24.3 Å². The van der Waals surface area contributed by atoms with Crippen molar-refractivity contribution in [1.82, 2.24) is 0 Å². The molecule has 6 nitrogen and oxygen atoms in total. The first kappa shape index (κ1) is 17.4. The van der Waals surface area contributed by atoms with Crippen molar-refractivity contribution < 1.29 is 22.7 Å². The molecule has 0 saturated carbocycles. The molecule has 3 N–H and O–H groups in total. The molecule has 3 rings (SSSR count). The first-order valence-electron chi connectivity index (χ1n) is 7.38. The van der Waals surface area contributed by atoms with E-state index in [4.69, 9.17) is 10.5 Å². The third-order valence-corrected chi connectivity index (χ3v) is 3.92. The van der Waals surface area contributed by atoms with Crippen molar-refractivity contribution in [3.05, 3.63) is 41.0 Å². The number of nitrogens with one attached hydrogen (secondary N) is 1. The van der Waals surface area contributed by atoms with Crippen LogP contribution in [0, 0.1) is 11.3 Å². The summed E-state index contributed by atoms with van der Waals surface area (Å²) in [7, 11) is 3.44. The van der Waals surface area contributed by atoms with Crippen molar-refractivity contribution in [2.45, 2.75) is 6.18 Å². The van der Waals surface area contributed by atoms with E-state index >= 15 is 0 Å². The van der Waals surface area contributed by atoms with E-state index < -0.39 is 23.4 Å². The standard InChI is InChI=1S/C17H13F3N4O2/c1-24(2)11-6-3-8(7-21)14-13(11)23-12-9(16(22)25)4-5-10(15(12)26-14)17(18,19)20/h3-6,23H,1-2H3,(H2,22,25). The van der Waals surface area contributed by atoms with E-state index in [-0.39, 0.29) is 28.3 Å². The van der Waals surface area contributed by atoms with Crippen LogP contribution in [0.4, 0.5) is 30.2 Å². The fourth-order valence-corrected chi connectivity index (χ4v) is 2.73. The van der Waals surface area contributed by atoms with E-state index in [0.717, 1.165) is 12.1 Å². The number of carbonyl (C=O) groups excluding carboxylic acids is 1. The Bertz CT molecular complexity index is 962. The average Bonchev–Trinajstić information content (AvgIpc) is 2.56. The highest BCUT2D eigenvalue weighted by molar-refractivity contribution is 6.03. The van der Waals surface area contributed by atoms with E-state index in [1.54, 1.807) is 25.1 Å². The monoisotopic (exact) mass is 362 g/mol. The topological polar surface area (TPSA) is 91.4 Å². The second-order valence-electron chi connectivity index (χ2n) is 5.80. The zero-order chi connectivity index (χ0) is 19.2. The van der Waals surface area contributed by atoms with Gasteiger partial charge in [0.25, 0.3) is 5.91 Å². The van der Waals surface area contributed by atoms with Crippen molar-refractivity contribution >= 4 is 23.0 Å². The molecule has 2 aromatic rings. The highest BCUT2D eigenvalue weighted by Crippen LogP contribution is 2.52. The van der Waals surface area contributed by atoms with E-state index in [2.05, 4.69) is 5.32 Å². The number of anilines is 3. The van der Waals surface area contributed by atoms with Crippen molar-refractivity contribution in [3.8, 4) is 17.6 Å². The van der Waals surface area contributed by atoms with Gasteiger partial charge >= 0.3 is 6.18 Å². The summed E-state index contributed by atoms with van der Waals surface area (Å²) in [6.45, 7) is 0. The molecule has 1 aliphatic rings. The Hall–Kier alpha value is -3.41. The zero-order valence-electron chi connectivity index (χ0n) is 13.7. The van der Waals surface area contributed by atoms with E-state index in [0.29, 0.717) is 5.69 Å². The number of fused-ring (bicyclic) bond motifs is 2. The molecule has 134 valence electrons. The Morgan fingerprint density at radius 3 is 2.42 bits per heavy atom. The molecule has 0 saturated heterocycles. The summed E-state index contributed by atoms with van der Waals surface area (Å²) in [5.74, 6) is -1.54. The van der Waals surface area contributed by atoms with Crippen LogP contribution < -0.4 is 20.7 Å². The normalized spacial score (nSPS) is 12.2. The summed E-state index contributed by atoms with van der Waals surface area (Å²) < 4.78 is 45.6. The summed E-state index contributed by atoms with van der Waals surface area (Å²) in [6, 6.07) is 6.69. The summed E-state index contributed by atoms with van der Waals surface area (Å²) in [6.07, 6.45) is -4.72. The van der Waals surface area contributed by atoms with Crippen molar-refractivity contribution in [2.75, 3.05) is 24.3 Å². The van der Waals surface area contributed by atoms with Crippen LogP contribution in [0.2, 0.25) is 0 Å². The number of hydrogen-bond donors (Lipinski definition) is 2. The van der Waals surface area contributed by atoms with Gasteiger partial charge in [0.15, 0.2) is 11.5 Å². The number of hydrogen-bond acceptors (Lipinski definition) is 5. The highest BCUT2D eigenvalue weighted by atomic mass is 19.4. The van der Waals surface area contributed by atoms with Crippen LogP contribution in [0.25, 0.3) is 0 Å². The smallest absolute Gasteiger partial charge is 0.420 e. The largest absolute Gasteiger partial charge is 0.451 e. The molecular weight excluding hydrogens is 349 g/mol. The highest BCUT2D eigenvalue weighted by Gasteiger charge is 2.39. The molecule has 0 spiro atoms. The van der Waals surface area contributed by atoms with E-state index in [1.807, 2.05) is 6.07 Å². The number of amides is 1. The quantitative estimate of drug-likeness (QED) is 0.727. The van der Waals surface area contributed by atoms with Gasteiger partial charge in [-0.1, -0.05) is 0 Å². The summed E-state index contributed by atoms with van der Waals surface area (Å²) in [5.41, 5.74) is 4.79. The lowest BCUT2D eigenvalue weighted by Gasteiger charge is -2.29. The van der Waals surface area contributed by atoms with Gasteiger partial charge in [0.05, 0.1) is 22.5 Å². The van der Waals surface area contributed by atoms with Gasteiger partial charge in [-0.05, 0) is 24.3 Å². The third kappa shape index (κ3) is 2.65. The molecule has 1 heterocycles. The Balaban J connectivity index is 2.32. The van der Waals surface area contributed by atoms with Gasteiger partial charge in [-0.25, -0.2) is 0 Å². The minimum atomic E-state index is -4.72. The number of rotatable bonds is 2. The molecule has 26 heavy (non-hydrogen) atoms. The summed E-state index contributed by atoms with van der Waals surface area (Å²) in [4.78, 5) is 13.4. The second kappa shape index (κ2) is 5.84. The first-order valence-corrected chi connectivity index (χ1v) is 7.38. The number of nitriles is 1. The van der Waals surface area contributed by atoms with Crippen LogP contribution >= 0.6 is 0 Å². The second-order valence-corrected chi connectivity index (χ2v) is 5.80. The maximum absolute atomic E-state index is 13.4. The molecule has 1 aliphatic heterocycles. The molecule has 1 amide bonds. The lowest BCUT2D eigenvalue weighted by atomic mass is 10.0. The predicted molar refractivity (Wildman–Crippen MR) is 88.8 cm³/mol. The van der Waals surface area contributed by atoms with E-state index in [1.165, 1.54) is 6.07 Å². The minimum absolute atomic E-state index is 0.0432. The van der Waals surface area contributed by atoms with Gasteiger partial charge in [0, 0.05) is 14.1 Å². The summed E-state index contributed by atoms with van der Waals surface area (Å²) >= 11 is 0. The van der Waals surface area contributed by atoms with Gasteiger partial charge in [-0.15, -0.1) is 0 Å². The molecule has 0 aromatic heterocycles. The van der Waals surface area contributed by atoms with Crippen molar-refractivity contribution in [2.24, 2.45) is 5.73 Å². The molecule has 0 atom stereocenters. The predicted octanol–water partition coefficient (Wildman–Crippen LogP) is 3.59. The minimum Gasteiger partial charge on any atom is -0.451 e. The van der Waals surface area contributed by atoms with Crippen LogP contribution in [0.1, 0.15) is 21.5 Å². The molecule has 0 fully saturated rings. The Morgan fingerprint density at radius 2 is 1.88 bits per heavy atom. The SMILES string of the molecule is CN(C)c1ccc(C#N)c2c1Nc1c(C(N)=O)ccc(C(F)(F)F)c1O2. The molecule has 9 heteroatoms. The molecule has 0 bridgehead atoms. The molecule has 0 radical (unpaired) electrons. The lowest BCUT2D eigenvalue weighted by molar-refractivity contribution is -0.138. The van der Waals surface area contributed by atoms with Crippen molar-refractivity contribution in [3.63, 3.8) is 0 Å². The number of primary amides is 1. The van der Waals surface area contributed by atoms with Gasteiger partial charge in [-0.2, -0.15) is 18.4 Å². The summed E-state index contributed by atoms with van der Waals surface area (Å²) in [5, 5.41) is 12.1. The number of carbonyl (C=O) groups is 1. The van der Waals surface area contributed by atoms with Gasteiger partial charge in [0.2, 0.25) is 0 Å². The average molecular weight is 362 g/mol. The number of nitrogens with zero attached hydrogens (tertiary/aromatic N) is 2. The Morgan fingerprint density at radius 1 is 1.19 bits per heavy atom. The zero-order valence-corrected chi connectivity index (χ0v) is 13.7. The third-order valence-electron chi connectivity index (χ3n) is 3.92. The maximum atomic E-state index is 13.4. The van der Waals surface area contributed by atoms with Gasteiger partial charge in [-0.3, -0.25) is 4.79 Å². The fraction of sp³-hybridized carbons (Fsp3) is 0.176. The van der Waals surface area contributed by atoms with Crippen LogP contribution in [0.5, 0.6) is 11.5 Å². The fourth-order valence-electron chi connectivity index (χ4n) is 2.73. The van der Waals surface area contributed by atoms with Crippen molar-refractivity contribution in [1.29, 1.82) is 5.26 Å². The number of halogens is 3. The van der Waals surface area contributed by atoms with Gasteiger partial charge in [0.1, 0.15) is 17.3 Å². The van der Waals surface area contributed by atoms with Gasteiger partial charge < -0.3 is 20.7 Å². The molecule has 0 aliphatic carbocycles. The maximum Gasteiger partial charge on any atom is 0.420 e.